The molecule has 0 aliphatic carbocycles. The first kappa shape index (κ1) is 21.4. The first-order valence-corrected chi connectivity index (χ1v) is 11.9. The summed E-state index contributed by atoms with van der Waals surface area (Å²) in [7, 11) is 0. The molecule has 0 aromatic heterocycles. The van der Waals surface area contributed by atoms with Crippen molar-refractivity contribution in [3.05, 3.63) is 120 Å². The number of nitrogens with one attached hydrogen (secondary N) is 1. The molecule has 1 saturated heterocycles. The fourth-order valence-corrected chi connectivity index (χ4v) is 4.99. The normalized spacial score (nSPS) is 16.7. The van der Waals surface area contributed by atoms with E-state index in [0.717, 1.165) is 43.6 Å². The molecule has 0 saturated carbocycles. The lowest BCUT2D eigenvalue weighted by Gasteiger charge is -2.33. The molecular formula is C30H30N2O. The Balaban J connectivity index is 1.31. The van der Waals surface area contributed by atoms with Crippen LogP contribution in [0.5, 0.6) is 0 Å². The molecule has 33 heavy (non-hydrogen) atoms. The van der Waals surface area contributed by atoms with Gasteiger partial charge in [-0.1, -0.05) is 103 Å². The van der Waals surface area contributed by atoms with Gasteiger partial charge in [-0.3, -0.25) is 9.69 Å². The van der Waals surface area contributed by atoms with E-state index in [9.17, 15) is 4.79 Å². The number of hydrogen-bond acceptors (Lipinski definition) is 2. The number of rotatable bonds is 6. The van der Waals surface area contributed by atoms with Gasteiger partial charge in [0.15, 0.2) is 0 Å². The van der Waals surface area contributed by atoms with Crippen molar-refractivity contribution < 1.29 is 4.79 Å². The molecule has 4 aromatic carbocycles. The number of nitrogens with zero attached hydrogens (tertiary/aromatic N) is 1. The fourth-order valence-electron chi connectivity index (χ4n) is 4.99. The second-order valence-electron chi connectivity index (χ2n) is 8.98. The third-order valence-electron chi connectivity index (χ3n) is 6.70. The zero-order valence-corrected chi connectivity index (χ0v) is 18.9. The van der Waals surface area contributed by atoms with E-state index in [1.807, 2.05) is 36.4 Å². The topological polar surface area (TPSA) is 32.3 Å². The zero-order chi connectivity index (χ0) is 22.5. The summed E-state index contributed by atoms with van der Waals surface area (Å²) in [5.74, 6) is 0.152. The van der Waals surface area contributed by atoms with E-state index in [0.29, 0.717) is 0 Å². The molecule has 1 heterocycles. The molecule has 1 amide bonds. The van der Waals surface area contributed by atoms with Crippen LogP contribution in [0, 0.1) is 5.92 Å². The van der Waals surface area contributed by atoms with Crippen molar-refractivity contribution in [2.45, 2.75) is 25.4 Å². The SMILES string of the molecule is O=C(NC(c1ccccc1)c1ccccc1)C1CCCN(Cc2cccc3ccccc23)C1. The van der Waals surface area contributed by atoms with Crippen LogP contribution in [0.1, 0.15) is 35.6 Å². The van der Waals surface area contributed by atoms with Gasteiger partial charge in [0.05, 0.1) is 12.0 Å². The molecule has 0 bridgehead atoms. The van der Waals surface area contributed by atoms with Crippen molar-refractivity contribution in [3.63, 3.8) is 0 Å². The minimum atomic E-state index is -0.131. The summed E-state index contributed by atoms with van der Waals surface area (Å²) in [6.45, 7) is 2.71. The maximum atomic E-state index is 13.4. The lowest BCUT2D eigenvalue weighted by Crippen LogP contribution is -2.43. The maximum Gasteiger partial charge on any atom is 0.225 e. The molecule has 1 aliphatic heterocycles. The molecule has 0 radical (unpaired) electrons. The van der Waals surface area contributed by atoms with Gasteiger partial charge in [0.1, 0.15) is 0 Å². The number of benzene rings is 4. The molecule has 4 aromatic rings. The summed E-state index contributed by atoms with van der Waals surface area (Å²) < 4.78 is 0. The van der Waals surface area contributed by atoms with Gasteiger partial charge in [-0.15, -0.1) is 0 Å². The van der Waals surface area contributed by atoms with Gasteiger partial charge in [0.25, 0.3) is 0 Å². The van der Waals surface area contributed by atoms with Crippen LogP contribution < -0.4 is 5.32 Å². The van der Waals surface area contributed by atoms with Gasteiger partial charge >= 0.3 is 0 Å². The Labute approximate surface area is 196 Å². The fraction of sp³-hybridized carbons (Fsp3) is 0.233. The lowest BCUT2D eigenvalue weighted by atomic mass is 9.93. The van der Waals surface area contributed by atoms with E-state index >= 15 is 0 Å². The molecule has 1 aliphatic rings. The Hall–Kier alpha value is -3.43. The van der Waals surface area contributed by atoms with Gasteiger partial charge in [0.2, 0.25) is 5.91 Å². The minimum absolute atomic E-state index is 0.00338. The molecule has 0 spiro atoms. The molecule has 1 N–H and O–H groups in total. The standard InChI is InChI=1S/C30H30N2O/c33-30(31-29(24-12-3-1-4-13-24)25-14-5-2-6-15-25)27-18-10-20-32(22-27)21-26-17-9-16-23-11-7-8-19-28(23)26/h1-9,11-17,19,27,29H,10,18,20-22H2,(H,31,33). The number of carbonyl (C=O) groups excluding carboxylic acids is 1. The molecule has 1 unspecified atom stereocenters. The van der Waals surface area contributed by atoms with Gasteiger partial charge in [-0.25, -0.2) is 0 Å². The van der Waals surface area contributed by atoms with Crippen LogP contribution in [-0.4, -0.2) is 23.9 Å². The Bertz CT molecular complexity index is 1160. The highest BCUT2D eigenvalue weighted by Crippen LogP contribution is 2.26. The Morgan fingerprint density at radius 2 is 1.45 bits per heavy atom. The first-order valence-electron chi connectivity index (χ1n) is 11.9. The van der Waals surface area contributed by atoms with E-state index in [1.165, 1.54) is 16.3 Å². The molecule has 5 rings (SSSR count). The van der Waals surface area contributed by atoms with Gasteiger partial charge in [-0.2, -0.15) is 0 Å². The van der Waals surface area contributed by atoms with Gasteiger partial charge in [0, 0.05) is 13.1 Å². The van der Waals surface area contributed by atoms with E-state index in [2.05, 4.69) is 76.9 Å². The van der Waals surface area contributed by atoms with E-state index in [1.54, 1.807) is 0 Å². The highest BCUT2D eigenvalue weighted by atomic mass is 16.2. The highest BCUT2D eigenvalue weighted by Gasteiger charge is 2.28. The average molecular weight is 435 g/mol. The average Bonchev–Trinajstić information content (AvgIpc) is 2.88. The Morgan fingerprint density at radius 1 is 0.818 bits per heavy atom. The Kier molecular flexibility index (Phi) is 6.50. The summed E-state index contributed by atoms with van der Waals surface area (Å²) in [6.07, 6.45) is 1.98. The van der Waals surface area contributed by atoms with Crippen LogP contribution in [-0.2, 0) is 11.3 Å². The highest BCUT2D eigenvalue weighted by molar-refractivity contribution is 5.85. The number of piperidine rings is 1. The van der Waals surface area contributed by atoms with Crippen molar-refractivity contribution in [2.24, 2.45) is 5.92 Å². The van der Waals surface area contributed by atoms with Crippen molar-refractivity contribution in [3.8, 4) is 0 Å². The second-order valence-corrected chi connectivity index (χ2v) is 8.98. The van der Waals surface area contributed by atoms with Crippen LogP contribution in [0.25, 0.3) is 10.8 Å². The second kappa shape index (κ2) is 10.0. The lowest BCUT2D eigenvalue weighted by molar-refractivity contribution is -0.127. The summed E-state index contributed by atoms with van der Waals surface area (Å²) in [5, 5.41) is 5.95. The number of carbonyl (C=O) groups is 1. The van der Waals surface area contributed by atoms with E-state index in [-0.39, 0.29) is 17.9 Å². The predicted molar refractivity (Wildman–Crippen MR) is 135 cm³/mol. The monoisotopic (exact) mass is 434 g/mol. The maximum absolute atomic E-state index is 13.4. The predicted octanol–water partition coefficient (Wildman–Crippen LogP) is 5.96. The van der Waals surface area contributed by atoms with Crippen molar-refractivity contribution in [2.75, 3.05) is 13.1 Å². The third kappa shape index (κ3) is 4.99. The van der Waals surface area contributed by atoms with Crippen LogP contribution in [0.2, 0.25) is 0 Å². The largest absolute Gasteiger partial charge is 0.345 e. The number of hydrogen-bond donors (Lipinski definition) is 1. The van der Waals surface area contributed by atoms with Gasteiger partial charge < -0.3 is 5.32 Å². The number of fused-ring (bicyclic) bond motifs is 1. The quantitative estimate of drug-likeness (QED) is 0.406. The van der Waals surface area contributed by atoms with Crippen LogP contribution >= 0.6 is 0 Å². The molecular weight excluding hydrogens is 404 g/mol. The third-order valence-corrected chi connectivity index (χ3v) is 6.70. The van der Waals surface area contributed by atoms with Crippen molar-refractivity contribution >= 4 is 16.7 Å². The zero-order valence-electron chi connectivity index (χ0n) is 18.9. The Morgan fingerprint density at radius 3 is 2.18 bits per heavy atom. The summed E-state index contributed by atoms with van der Waals surface area (Å²) in [6, 6.07) is 35.4. The minimum Gasteiger partial charge on any atom is -0.345 e. The van der Waals surface area contributed by atoms with Crippen LogP contribution in [0.3, 0.4) is 0 Å². The van der Waals surface area contributed by atoms with Crippen LogP contribution in [0.4, 0.5) is 0 Å². The van der Waals surface area contributed by atoms with Crippen LogP contribution in [0.15, 0.2) is 103 Å². The molecule has 3 heteroatoms. The van der Waals surface area contributed by atoms with Gasteiger partial charge in [-0.05, 0) is 46.8 Å². The van der Waals surface area contributed by atoms with Crippen molar-refractivity contribution in [1.29, 1.82) is 0 Å². The number of amides is 1. The van der Waals surface area contributed by atoms with E-state index < -0.39 is 0 Å². The molecule has 1 fully saturated rings. The van der Waals surface area contributed by atoms with Crippen molar-refractivity contribution in [1.82, 2.24) is 10.2 Å². The van der Waals surface area contributed by atoms with E-state index in [4.69, 9.17) is 0 Å². The summed E-state index contributed by atoms with van der Waals surface area (Å²) >= 11 is 0. The number of likely N-dealkylation sites (tertiary alicyclic amines) is 1. The first-order chi connectivity index (χ1) is 16.3. The smallest absolute Gasteiger partial charge is 0.225 e. The summed E-state index contributed by atoms with van der Waals surface area (Å²) in [5.41, 5.74) is 3.56. The molecule has 1 atom stereocenters. The molecule has 3 nitrogen and oxygen atoms in total. The molecule has 166 valence electrons. The summed E-state index contributed by atoms with van der Waals surface area (Å²) in [4.78, 5) is 15.9.